The van der Waals surface area contributed by atoms with Crippen LogP contribution >= 0.6 is 0 Å². The minimum Gasteiger partial charge on any atom is -0.399 e. The van der Waals surface area contributed by atoms with E-state index in [-0.39, 0.29) is 0 Å². The third-order valence-corrected chi connectivity index (χ3v) is 2.54. The molecule has 1 aromatic carbocycles. The average molecular weight is 208 g/mol. The van der Waals surface area contributed by atoms with Crippen LogP contribution in [0.1, 0.15) is 23.7 Å². The predicted octanol–water partition coefficient (Wildman–Crippen LogP) is 1.56. The van der Waals surface area contributed by atoms with Crippen molar-refractivity contribution in [3.63, 3.8) is 0 Å². The van der Waals surface area contributed by atoms with Crippen molar-refractivity contribution in [3.8, 4) is 0 Å². The topological polar surface area (TPSA) is 49.5 Å². The minimum atomic E-state index is -0.421. The molecule has 1 atom stereocenters. The molecule has 3 N–H and O–H groups in total. The van der Waals surface area contributed by atoms with Gasteiger partial charge in [-0.05, 0) is 44.6 Å². The van der Waals surface area contributed by atoms with Gasteiger partial charge in [0, 0.05) is 12.2 Å². The molecule has 1 rings (SSSR count). The van der Waals surface area contributed by atoms with Crippen LogP contribution in [0, 0.1) is 6.92 Å². The monoisotopic (exact) mass is 208 g/mol. The number of anilines is 1. The largest absolute Gasteiger partial charge is 0.399 e. The van der Waals surface area contributed by atoms with Crippen LogP contribution in [0.3, 0.4) is 0 Å². The Morgan fingerprint density at radius 3 is 2.60 bits per heavy atom. The molecule has 0 aliphatic carbocycles. The quantitative estimate of drug-likeness (QED) is 0.738. The molecule has 0 aromatic heterocycles. The second-order valence-corrected chi connectivity index (χ2v) is 4.22. The molecule has 0 heterocycles. The van der Waals surface area contributed by atoms with Crippen molar-refractivity contribution < 1.29 is 5.11 Å². The van der Waals surface area contributed by atoms with Crippen LogP contribution in [0.5, 0.6) is 0 Å². The SMILES string of the molecule is Cc1ccc(C(O)CCN(C)C)cc1N. The first kappa shape index (κ1) is 12.0. The number of benzene rings is 1. The Morgan fingerprint density at radius 1 is 1.40 bits per heavy atom. The van der Waals surface area contributed by atoms with Crippen molar-refractivity contribution in [2.24, 2.45) is 0 Å². The lowest BCUT2D eigenvalue weighted by molar-refractivity contribution is 0.154. The molecule has 0 aliphatic heterocycles. The van der Waals surface area contributed by atoms with E-state index in [4.69, 9.17) is 5.73 Å². The van der Waals surface area contributed by atoms with Gasteiger partial charge in [-0.2, -0.15) is 0 Å². The molecule has 0 amide bonds. The number of nitrogen functional groups attached to an aromatic ring is 1. The number of hydrogen-bond acceptors (Lipinski definition) is 3. The van der Waals surface area contributed by atoms with E-state index in [1.54, 1.807) is 0 Å². The second-order valence-electron chi connectivity index (χ2n) is 4.22. The van der Waals surface area contributed by atoms with Gasteiger partial charge in [-0.25, -0.2) is 0 Å². The summed E-state index contributed by atoms with van der Waals surface area (Å²) in [6.45, 7) is 2.83. The molecule has 15 heavy (non-hydrogen) atoms. The van der Waals surface area contributed by atoms with E-state index >= 15 is 0 Å². The summed E-state index contributed by atoms with van der Waals surface area (Å²) in [4.78, 5) is 2.06. The Bertz CT molecular complexity index is 323. The van der Waals surface area contributed by atoms with E-state index in [0.717, 1.165) is 29.8 Å². The Kier molecular flexibility index (Phi) is 4.12. The maximum atomic E-state index is 9.90. The van der Waals surface area contributed by atoms with Crippen LogP contribution in [0.25, 0.3) is 0 Å². The summed E-state index contributed by atoms with van der Waals surface area (Å²) in [7, 11) is 3.99. The predicted molar refractivity (Wildman–Crippen MR) is 63.7 cm³/mol. The zero-order valence-electron chi connectivity index (χ0n) is 9.70. The van der Waals surface area contributed by atoms with Gasteiger partial charge in [0.1, 0.15) is 0 Å². The summed E-state index contributed by atoms with van der Waals surface area (Å²) in [5.74, 6) is 0. The van der Waals surface area contributed by atoms with Gasteiger partial charge in [0.2, 0.25) is 0 Å². The third kappa shape index (κ3) is 3.53. The van der Waals surface area contributed by atoms with Gasteiger partial charge in [0.25, 0.3) is 0 Å². The van der Waals surface area contributed by atoms with E-state index in [9.17, 15) is 5.11 Å². The van der Waals surface area contributed by atoms with Crippen molar-refractivity contribution in [2.45, 2.75) is 19.4 Å². The molecular formula is C12H20N2O. The summed E-state index contributed by atoms with van der Waals surface area (Å²) in [6, 6.07) is 5.74. The Morgan fingerprint density at radius 2 is 2.07 bits per heavy atom. The van der Waals surface area contributed by atoms with Crippen molar-refractivity contribution in [1.82, 2.24) is 4.90 Å². The standard InChI is InChI=1S/C12H20N2O/c1-9-4-5-10(8-11(9)13)12(15)6-7-14(2)3/h4-5,8,12,15H,6-7,13H2,1-3H3. The molecule has 0 aliphatic rings. The Labute approximate surface area is 91.5 Å². The lowest BCUT2D eigenvalue weighted by Crippen LogP contribution is -2.15. The average Bonchev–Trinajstić information content (AvgIpc) is 2.18. The zero-order valence-corrected chi connectivity index (χ0v) is 9.70. The van der Waals surface area contributed by atoms with Crippen LogP contribution in [0.4, 0.5) is 5.69 Å². The summed E-state index contributed by atoms with van der Waals surface area (Å²) in [5, 5.41) is 9.90. The molecule has 0 fully saturated rings. The van der Waals surface area contributed by atoms with Crippen LogP contribution < -0.4 is 5.73 Å². The first-order chi connectivity index (χ1) is 7.00. The van der Waals surface area contributed by atoms with E-state index in [1.165, 1.54) is 0 Å². The number of nitrogens with zero attached hydrogens (tertiary/aromatic N) is 1. The molecule has 1 unspecified atom stereocenters. The van der Waals surface area contributed by atoms with Gasteiger partial charge in [-0.15, -0.1) is 0 Å². The summed E-state index contributed by atoms with van der Waals surface area (Å²) in [5.41, 5.74) is 8.50. The summed E-state index contributed by atoms with van der Waals surface area (Å²) < 4.78 is 0. The Hall–Kier alpha value is -1.06. The molecule has 0 radical (unpaired) electrons. The lowest BCUT2D eigenvalue weighted by atomic mass is 10.0. The third-order valence-electron chi connectivity index (χ3n) is 2.54. The molecular weight excluding hydrogens is 188 g/mol. The van der Waals surface area contributed by atoms with Crippen LogP contribution in [0.15, 0.2) is 18.2 Å². The molecule has 0 saturated carbocycles. The lowest BCUT2D eigenvalue weighted by Gasteiger charge is -2.15. The highest BCUT2D eigenvalue weighted by Gasteiger charge is 2.08. The first-order valence-corrected chi connectivity index (χ1v) is 5.19. The Balaban J connectivity index is 2.65. The molecule has 0 spiro atoms. The van der Waals surface area contributed by atoms with E-state index < -0.39 is 6.10 Å². The zero-order chi connectivity index (χ0) is 11.4. The van der Waals surface area contributed by atoms with Gasteiger partial charge in [0.15, 0.2) is 0 Å². The van der Waals surface area contributed by atoms with Crippen molar-refractivity contribution >= 4 is 5.69 Å². The number of aryl methyl sites for hydroxylation is 1. The highest BCUT2D eigenvalue weighted by molar-refractivity contribution is 5.48. The molecule has 3 nitrogen and oxygen atoms in total. The highest BCUT2D eigenvalue weighted by Crippen LogP contribution is 2.21. The maximum Gasteiger partial charge on any atom is 0.0803 e. The van der Waals surface area contributed by atoms with Gasteiger partial charge in [0.05, 0.1) is 6.10 Å². The van der Waals surface area contributed by atoms with Gasteiger partial charge >= 0.3 is 0 Å². The number of hydrogen-bond donors (Lipinski definition) is 2. The first-order valence-electron chi connectivity index (χ1n) is 5.19. The fourth-order valence-electron chi connectivity index (χ4n) is 1.41. The van der Waals surface area contributed by atoms with Crippen LogP contribution in [-0.4, -0.2) is 30.6 Å². The van der Waals surface area contributed by atoms with Crippen molar-refractivity contribution in [3.05, 3.63) is 29.3 Å². The van der Waals surface area contributed by atoms with E-state index in [1.807, 2.05) is 39.2 Å². The molecule has 0 bridgehead atoms. The van der Waals surface area contributed by atoms with Gasteiger partial charge in [-0.3, -0.25) is 0 Å². The van der Waals surface area contributed by atoms with Gasteiger partial charge in [-0.1, -0.05) is 12.1 Å². The fourth-order valence-corrected chi connectivity index (χ4v) is 1.41. The summed E-state index contributed by atoms with van der Waals surface area (Å²) >= 11 is 0. The number of aliphatic hydroxyl groups is 1. The molecule has 84 valence electrons. The number of aliphatic hydroxyl groups excluding tert-OH is 1. The smallest absolute Gasteiger partial charge is 0.0803 e. The summed E-state index contributed by atoms with van der Waals surface area (Å²) in [6.07, 6.45) is 0.311. The fraction of sp³-hybridized carbons (Fsp3) is 0.500. The molecule has 3 heteroatoms. The van der Waals surface area contributed by atoms with Gasteiger partial charge < -0.3 is 15.7 Å². The highest BCUT2D eigenvalue weighted by atomic mass is 16.3. The van der Waals surface area contributed by atoms with Crippen molar-refractivity contribution in [1.29, 1.82) is 0 Å². The second kappa shape index (κ2) is 5.14. The van der Waals surface area contributed by atoms with Crippen LogP contribution in [0.2, 0.25) is 0 Å². The van der Waals surface area contributed by atoms with Crippen LogP contribution in [-0.2, 0) is 0 Å². The number of rotatable bonds is 4. The molecule has 1 aromatic rings. The normalized spacial score (nSPS) is 13.1. The van der Waals surface area contributed by atoms with E-state index in [0.29, 0.717) is 0 Å². The van der Waals surface area contributed by atoms with E-state index in [2.05, 4.69) is 4.90 Å². The number of nitrogens with two attached hydrogens (primary N) is 1. The molecule has 0 saturated heterocycles. The maximum absolute atomic E-state index is 9.90. The minimum absolute atomic E-state index is 0.421. The van der Waals surface area contributed by atoms with Crippen molar-refractivity contribution in [2.75, 3.05) is 26.4 Å².